The zero-order chi connectivity index (χ0) is 19.5. The first-order chi connectivity index (χ1) is 13.6. The monoisotopic (exact) mass is 392 g/mol. The van der Waals surface area contributed by atoms with Gasteiger partial charge in [-0.15, -0.1) is 11.3 Å². The number of hydrogen-bond acceptors (Lipinski definition) is 4. The van der Waals surface area contributed by atoms with Gasteiger partial charge in [-0.2, -0.15) is 0 Å². The summed E-state index contributed by atoms with van der Waals surface area (Å²) in [6.07, 6.45) is 5.47. The molecule has 0 unspecified atom stereocenters. The van der Waals surface area contributed by atoms with Crippen LogP contribution in [0.2, 0.25) is 0 Å². The van der Waals surface area contributed by atoms with E-state index in [0.29, 0.717) is 0 Å². The summed E-state index contributed by atoms with van der Waals surface area (Å²) in [5.74, 6) is 0.0725. The fourth-order valence-corrected chi connectivity index (χ4v) is 4.38. The van der Waals surface area contributed by atoms with E-state index >= 15 is 0 Å². The van der Waals surface area contributed by atoms with Crippen LogP contribution in [0.4, 0.5) is 5.13 Å². The Hall–Kier alpha value is -2.86. The van der Waals surface area contributed by atoms with E-state index in [4.69, 9.17) is 0 Å². The lowest BCUT2D eigenvalue weighted by molar-refractivity contribution is -0.126. The third-order valence-corrected chi connectivity index (χ3v) is 6.00. The van der Waals surface area contributed by atoms with Crippen LogP contribution in [0.3, 0.4) is 0 Å². The molecule has 1 aliphatic rings. The molecular formula is C22H24N4OS. The average Bonchev–Trinajstić information content (AvgIpc) is 3.35. The van der Waals surface area contributed by atoms with Crippen molar-refractivity contribution >= 4 is 28.5 Å². The van der Waals surface area contributed by atoms with Crippen molar-refractivity contribution in [2.45, 2.75) is 13.8 Å². The molecule has 0 bridgehead atoms. The lowest BCUT2D eigenvalue weighted by Crippen LogP contribution is -2.48. The lowest BCUT2D eigenvalue weighted by atomic mass is 10.2. The molecule has 0 saturated carbocycles. The van der Waals surface area contributed by atoms with Gasteiger partial charge in [-0.05, 0) is 43.7 Å². The number of nitrogens with zero attached hydrogens (tertiary/aromatic N) is 4. The van der Waals surface area contributed by atoms with E-state index in [-0.39, 0.29) is 5.91 Å². The van der Waals surface area contributed by atoms with E-state index < -0.39 is 0 Å². The Morgan fingerprint density at radius 2 is 1.86 bits per heavy atom. The zero-order valence-corrected chi connectivity index (χ0v) is 17.0. The highest BCUT2D eigenvalue weighted by atomic mass is 32.1. The number of rotatable bonds is 4. The van der Waals surface area contributed by atoms with Gasteiger partial charge in [-0.1, -0.05) is 18.2 Å². The van der Waals surface area contributed by atoms with Gasteiger partial charge >= 0.3 is 0 Å². The Bertz CT molecular complexity index is 968. The molecule has 1 amide bonds. The van der Waals surface area contributed by atoms with E-state index in [1.165, 1.54) is 0 Å². The highest BCUT2D eigenvalue weighted by Crippen LogP contribution is 2.22. The first kappa shape index (κ1) is 18.5. The van der Waals surface area contributed by atoms with Gasteiger partial charge in [0.1, 0.15) is 0 Å². The summed E-state index contributed by atoms with van der Waals surface area (Å²) in [4.78, 5) is 21.1. The molecule has 6 heteroatoms. The first-order valence-corrected chi connectivity index (χ1v) is 10.4. The van der Waals surface area contributed by atoms with Crippen molar-refractivity contribution in [1.82, 2.24) is 14.5 Å². The third-order valence-electron chi connectivity index (χ3n) is 5.17. The van der Waals surface area contributed by atoms with Crippen LogP contribution in [-0.4, -0.2) is 46.5 Å². The Kier molecular flexibility index (Phi) is 5.30. The van der Waals surface area contributed by atoms with Crippen molar-refractivity contribution in [2.75, 3.05) is 31.1 Å². The number of carbonyl (C=O) groups excluding carboxylic acids is 1. The number of amides is 1. The van der Waals surface area contributed by atoms with E-state index in [2.05, 4.69) is 46.5 Å². The molecule has 5 nitrogen and oxygen atoms in total. The smallest absolute Gasteiger partial charge is 0.246 e. The fraction of sp³-hybridized carbons (Fsp3) is 0.273. The van der Waals surface area contributed by atoms with Crippen molar-refractivity contribution in [3.8, 4) is 5.69 Å². The van der Waals surface area contributed by atoms with Crippen LogP contribution in [0, 0.1) is 13.8 Å². The summed E-state index contributed by atoms with van der Waals surface area (Å²) < 4.78 is 2.22. The fourth-order valence-electron chi connectivity index (χ4n) is 3.69. The molecule has 0 radical (unpaired) electrons. The molecule has 3 aromatic rings. The molecule has 0 N–H and O–H groups in total. The predicted molar refractivity (Wildman–Crippen MR) is 115 cm³/mol. The van der Waals surface area contributed by atoms with E-state index in [9.17, 15) is 4.79 Å². The molecular weight excluding hydrogens is 368 g/mol. The second-order valence-electron chi connectivity index (χ2n) is 6.96. The highest BCUT2D eigenvalue weighted by molar-refractivity contribution is 7.13. The maximum atomic E-state index is 12.6. The number of anilines is 1. The van der Waals surface area contributed by atoms with Crippen LogP contribution in [-0.2, 0) is 4.79 Å². The van der Waals surface area contributed by atoms with Crippen LogP contribution < -0.4 is 4.90 Å². The molecule has 0 atom stereocenters. The Morgan fingerprint density at radius 1 is 1.11 bits per heavy atom. The summed E-state index contributed by atoms with van der Waals surface area (Å²) in [6, 6.07) is 12.4. The summed E-state index contributed by atoms with van der Waals surface area (Å²) in [6.45, 7) is 7.30. The van der Waals surface area contributed by atoms with E-state index in [0.717, 1.165) is 53.9 Å². The van der Waals surface area contributed by atoms with Gasteiger partial charge in [0.05, 0.1) is 0 Å². The number of aryl methyl sites for hydroxylation is 1. The van der Waals surface area contributed by atoms with Gasteiger partial charge in [-0.25, -0.2) is 4.98 Å². The van der Waals surface area contributed by atoms with Crippen LogP contribution in [0.15, 0.2) is 54.1 Å². The maximum Gasteiger partial charge on any atom is 0.246 e. The quantitative estimate of drug-likeness (QED) is 0.632. The molecule has 4 rings (SSSR count). The molecule has 1 saturated heterocycles. The predicted octanol–water partition coefficient (Wildman–Crippen LogP) is 3.91. The van der Waals surface area contributed by atoms with E-state index in [1.54, 1.807) is 17.4 Å². The number of hydrogen-bond donors (Lipinski definition) is 0. The second-order valence-corrected chi connectivity index (χ2v) is 7.83. The molecule has 3 heterocycles. The van der Waals surface area contributed by atoms with Gasteiger partial charge in [0.15, 0.2) is 5.13 Å². The number of carbonyl (C=O) groups is 1. The second kappa shape index (κ2) is 8.02. The maximum absolute atomic E-state index is 12.6. The minimum absolute atomic E-state index is 0.0725. The van der Waals surface area contributed by atoms with Gasteiger partial charge in [0.2, 0.25) is 5.91 Å². The van der Waals surface area contributed by atoms with Crippen molar-refractivity contribution < 1.29 is 4.79 Å². The van der Waals surface area contributed by atoms with Crippen LogP contribution in [0.25, 0.3) is 11.8 Å². The standard InChI is InChI=1S/C22H24N4OS/c1-17-16-19(18(2)26(17)20-6-4-3-5-7-20)8-9-21(27)24-11-13-25(14-12-24)22-23-10-15-28-22/h3-10,15-16H,11-14H2,1-2H3/b9-8+. The molecule has 28 heavy (non-hydrogen) atoms. The molecule has 1 aromatic carbocycles. The third kappa shape index (κ3) is 3.73. The van der Waals surface area contributed by atoms with Crippen molar-refractivity contribution in [2.24, 2.45) is 0 Å². The first-order valence-electron chi connectivity index (χ1n) is 9.49. The van der Waals surface area contributed by atoms with Gasteiger partial charge in [-0.3, -0.25) is 4.79 Å². The number of thiazole rings is 1. The average molecular weight is 393 g/mol. The molecule has 144 valence electrons. The molecule has 0 spiro atoms. The van der Waals surface area contributed by atoms with E-state index in [1.807, 2.05) is 40.8 Å². The number of para-hydroxylation sites is 1. The minimum Gasteiger partial charge on any atom is -0.345 e. The van der Waals surface area contributed by atoms with Gasteiger partial charge in [0, 0.05) is 60.9 Å². The molecule has 1 aliphatic heterocycles. The minimum atomic E-state index is 0.0725. The van der Waals surface area contributed by atoms with Gasteiger partial charge in [0.25, 0.3) is 0 Å². The molecule has 2 aromatic heterocycles. The largest absolute Gasteiger partial charge is 0.345 e. The summed E-state index contributed by atoms with van der Waals surface area (Å²) in [7, 11) is 0. The van der Waals surface area contributed by atoms with Crippen LogP contribution in [0.5, 0.6) is 0 Å². The van der Waals surface area contributed by atoms with Crippen LogP contribution in [0.1, 0.15) is 17.0 Å². The number of aromatic nitrogens is 2. The zero-order valence-electron chi connectivity index (χ0n) is 16.2. The van der Waals surface area contributed by atoms with Crippen molar-refractivity contribution in [3.05, 3.63) is 71.0 Å². The highest BCUT2D eigenvalue weighted by Gasteiger charge is 2.21. The normalized spacial score (nSPS) is 14.8. The van der Waals surface area contributed by atoms with Crippen LogP contribution >= 0.6 is 11.3 Å². The Balaban J connectivity index is 1.43. The SMILES string of the molecule is Cc1cc(/C=C/C(=O)N2CCN(c3nccs3)CC2)c(C)n1-c1ccccc1. The van der Waals surface area contributed by atoms with Gasteiger partial charge < -0.3 is 14.4 Å². The number of piperazine rings is 1. The topological polar surface area (TPSA) is 41.4 Å². The molecule has 1 fully saturated rings. The molecule has 0 aliphatic carbocycles. The Morgan fingerprint density at radius 3 is 2.54 bits per heavy atom. The number of benzene rings is 1. The Labute approximate surface area is 169 Å². The summed E-state index contributed by atoms with van der Waals surface area (Å²) in [5.41, 5.74) is 4.52. The summed E-state index contributed by atoms with van der Waals surface area (Å²) >= 11 is 1.65. The summed E-state index contributed by atoms with van der Waals surface area (Å²) in [5, 5.41) is 3.03. The van der Waals surface area contributed by atoms with Crippen molar-refractivity contribution in [3.63, 3.8) is 0 Å². The van der Waals surface area contributed by atoms with Crippen molar-refractivity contribution in [1.29, 1.82) is 0 Å². The lowest BCUT2D eigenvalue weighted by Gasteiger charge is -2.34.